The Hall–Kier alpha value is -1.71. The second-order valence-corrected chi connectivity index (χ2v) is 5.62. The Morgan fingerprint density at radius 3 is 2.53 bits per heavy atom. The first-order chi connectivity index (χ1) is 9.24. The smallest absolute Gasteiger partial charge is 0.222 e. The molecule has 19 heavy (non-hydrogen) atoms. The zero-order chi connectivity index (χ0) is 13.2. The first kappa shape index (κ1) is 12.3. The quantitative estimate of drug-likeness (QED) is 0.630. The summed E-state index contributed by atoms with van der Waals surface area (Å²) in [6, 6.07) is 14.5. The number of aromatic nitrogens is 2. The monoisotopic (exact) mass is 286 g/mol. The summed E-state index contributed by atoms with van der Waals surface area (Å²) >= 11 is 7.59. The molecular formula is C15H11ClN2S. The van der Waals surface area contributed by atoms with Gasteiger partial charge < -0.3 is 0 Å². The highest BCUT2D eigenvalue weighted by atomic mass is 35.5. The van der Waals surface area contributed by atoms with Gasteiger partial charge in [-0.3, -0.25) is 0 Å². The molecule has 0 N–H and O–H groups in total. The lowest BCUT2D eigenvalue weighted by Gasteiger charge is -2.01. The lowest BCUT2D eigenvalue weighted by atomic mass is 10.2. The van der Waals surface area contributed by atoms with Crippen molar-refractivity contribution in [3.63, 3.8) is 0 Å². The van der Waals surface area contributed by atoms with Crippen LogP contribution in [0, 0.1) is 6.92 Å². The number of rotatable bonds is 2. The van der Waals surface area contributed by atoms with E-state index in [9.17, 15) is 0 Å². The van der Waals surface area contributed by atoms with E-state index in [1.54, 1.807) is 17.5 Å². The normalized spacial score (nSPS) is 10.6. The predicted molar refractivity (Wildman–Crippen MR) is 80.5 cm³/mol. The summed E-state index contributed by atoms with van der Waals surface area (Å²) in [5.74, 6) is 0. The molecule has 0 aliphatic carbocycles. The van der Waals surface area contributed by atoms with E-state index in [0.717, 1.165) is 16.1 Å². The Morgan fingerprint density at radius 2 is 1.74 bits per heavy atom. The lowest BCUT2D eigenvalue weighted by Crippen LogP contribution is -1.89. The zero-order valence-electron chi connectivity index (χ0n) is 10.3. The van der Waals surface area contributed by atoms with Gasteiger partial charge in [-0.15, -0.1) is 11.3 Å². The molecule has 0 saturated carbocycles. The van der Waals surface area contributed by atoms with Crippen molar-refractivity contribution in [3.05, 3.63) is 59.5 Å². The first-order valence-corrected chi connectivity index (χ1v) is 7.08. The minimum atomic E-state index is 0.287. The third-order valence-electron chi connectivity index (χ3n) is 2.84. The van der Waals surface area contributed by atoms with Crippen molar-refractivity contribution < 1.29 is 0 Å². The maximum Gasteiger partial charge on any atom is 0.222 e. The average Bonchev–Trinajstić information content (AvgIpc) is 2.92. The molecule has 0 bridgehead atoms. The summed E-state index contributed by atoms with van der Waals surface area (Å²) in [5, 5.41) is 0.287. The van der Waals surface area contributed by atoms with Crippen LogP contribution < -0.4 is 0 Å². The van der Waals surface area contributed by atoms with Crippen LogP contribution >= 0.6 is 22.9 Å². The van der Waals surface area contributed by atoms with Gasteiger partial charge in [0.1, 0.15) is 0 Å². The van der Waals surface area contributed by atoms with Crippen molar-refractivity contribution >= 4 is 22.9 Å². The molecular weight excluding hydrogens is 276 g/mol. The van der Waals surface area contributed by atoms with E-state index in [0.29, 0.717) is 0 Å². The number of thiophene rings is 1. The third-order valence-corrected chi connectivity index (χ3v) is 4.16. The van der Waals surface area contributed by atoms with Gasteiger partial charge >= 0.3 is 0 Å². The van der Waals surface area contributed by atoms with Gasteiger partial charge in [0.2, 0.25) is 5.28 Å². The molecule has 0 spiro atoms. The first-order valence-electron chi connectivity index (χ1n) is 5.89. The lowest BCUT2D eigenvalue weighted by molar-refractivity contribution is 1.14. The van der Waals surface area contributed by atoms with E-state index in [1.807, 2.05) is 25.1 Å². The van der Waals surface area contributed by atoms with E-state index < -0.39 is 0 Å². The van der Waals surface area contributed by atoms with Gasteiger partial charge in [0, 0.05) is 11.1 Å². The van der Waals surface area contributed by atoms with Crippen molar-refractivity contribution in [3.8, 4) is 21.0 Å². The fourth-order valence-corrected chi connectivity index (χ4v) is 3.09. The van der Waals surface area contributed by atoms with Gasteiger partial charge in [0.25, 0.3) is 0 Å². The van der Waals surface area contributed by atoms with Crippen LogP contribution in [0.25, 0.3) is 21.0 Å². The highest BCUT2D eigenvalue weighted by Gasteiger charge is 2.09. The number of hydrogen-bond acceptors (Lipinski definition) is 3. The number of aryl methyl sites for hydroxylation is 1. The highest BCUT2D eigenvalue weighted by molar-refractivity contribution is 7.18. The third kappa shape index (κ3) is 2.53. The van der Waals surface area contributed by atoms with Crippen LogP contribution in [-0.4, -0.2) is 9.97 Å². The molecule has 0 amide bonds. The fraction of sp³-hybridized carbons (Fsp3) is 0.0667. The van der Waals surface area contributed by atoms with Crippen molar-refractivity contribution in [2.24, 2.45) is 0 Å². The van der Waals surface area contributed by atoms with Gasteiger partial charge in [0.15, 0.2) is 0 Å². The van der Waals surface area contributed by atoms with Crippen molar-refractivity contribution in [1.82, 2.24) is 9.97 Å². The summed E-state index contributed by atoms with van der Waals surface area (Å²) in [6.45, 7) is 1.99. The van der Waals surface area contributed by atoms with Gasteiger partial charge in [-0.2, -0.15) is 0 Å². The predicted octanol–water partition coefficient (Wildman–Crippen LogP) is 4.83. The molecule has 2 heterocycles. The molecule has 0 saturated heterocycles. The maximum atomic E-state index is 5.87. The minimum absolute atomic E-state index is 0.287. The standard InChI is InChI=1S/C15H11ClN2S/c1-10-9-17-15(16)18-14(10)13-8-7-12(19-13)11-5-3-2-4-6-11/h2-9H,1H3. The molecule has 3 aromatic rings. The summed E-state index contributed by atoms with van der Waals surface area (Å²) in [6.07, 6.45) is 1.76. The van der Waals surface area contributed by atoms with Crippen molar-refractivity contribution in [2.45, 2.75) is 6.92 Å². The minimum Gasteiger partial charge on any atom is -0.226 e. The Kier molecular flexibility index (Phi) is 3.32. The average molecular weight is 287 g/mol. The van der Waals surface area contributed by atoms with Crippen molar-refractivity contribution in [2.75, 3.05) is 0 Å². The van der Waals surface area contributed by atoms with E-state index in [4.69, 9.17) is 11.6 Å². The maximum absolute atomic E-state index is 5.87. The second-order valence-electron chi connectivity index (χ2n) is 4.20. The van der Waals surface area contributed by atoms with Gasteiger partial charge in [-0.05, 0) is 41.8 Å². The van der Waals surface area contributed by atoms with Crippen molar-refractivity contribution in [1.29, 1.82) is 0 Å². The molecule has 3 rings (SSSR count). The molecule has 1 aromatic carbocycles. The topological polar surface area (TPSA) is 25.8 Å². The molecule has 0 fully saturated rings. The molecule has 2 aromatic heterocycles. The number of nitrogens with zero attached hydrogens (tertiary/aromatic N) is 2. The Labute approximate surface area is 120 Å². The van der Waals surface area contributed by atoms with Gasteiger partial charge in [-0.25, -0.2) is 9.97 Å². The van der Waals surface area contributed by atoms with Crippen LogP contribution in [0.15, 0.2) is 48.7 Å². The van der Waals surface area contributed by atoms with Crippen LogP contribution in [-0.2, 0) is 0 Å². The summed E-state index contributed by atoms with van der Waals surface area (Å²) in [4.78, 5) is 10.6. The van der Waals surface area contributed by atoms with E-state index in [-0.39, 0.29) is 5.28 Å². The van der Waals surface area contributed by atoms with Crippen LogP contribution in [0.3, 0.4) is 0 Å². The number of halogens is 1. The molecule has 0 aliphatic rings. The largest absolute Gasteiger partial charge is 0.226 e. The fourth-order valence-electron chi connectivity index (χ4n) is 1.89. The zero-order valence-corrected chi connectivity index (χ0v) is 11.9. The van der Waals surface area contributed by atoms with Gasteiger partial charge in [0.05, 0.1) is 10.6 Å². The molecule has 2 nitrogen and oxygen atoms in total. The molecule has 0 unspecified atom stereocenters. The molecule has 0 radical (unpaired) electrons. The van der Waals surface area contributed by atoms with Crippen LogP contribution in [0.4, 0.5) is 0 Å². The Morgan fingerprint density at radius 1 is 1.00 bits per heavy atom. The second kappa shape index (κ2) is 5.11. The highest BCUT2D eigenvalue weighted by Crippen LogP contribution is 2.34. The molecule has 0 aliphatic heterocycles. The van der Waals surface area contributed by atoms with Crippen LogP contribution in [0.5, 0.6) is 0 Å². The van der Waals surface area contributed by atoms with Gasteiger partial charge in [-0.1, -0.05) is 30.3 Å². The summed E-state index contributed by atoms with van der Waals surface area (Å²) in [7, 11) is 0. The molecule has 94 valence electrons. The molecule has 4 heteroatoms. The summed E-state index contributed by atoms with van der Waals surface area (Å²) < 4.78 is 0. The summed E-state index contributed by atoms with van der Waals surface area (Å²) in [5.41, 5.74) is 3.16. The Balaban J connectivity index is 2.04. The Bertz CT molecular complexity index is 707. The number of benzene rings is 1. The van der Waals surface area contributed by atoms with E-state index in [2.05, 4.69) is 34.2 Å². The van der Waals surface area contributed by atoms with Crippen LogP contribution in [0.2, 0.25) is 5.28 Å². The van der Waals surface area contributed by atoms with E-state index in [1.165, 1.54) is 10.4 Å². The number of hydrogen-bond donors (Lipinski definition) is 0. The SMILES string of the molecule is Cc1cnc(Cl)nc1-c1ccc(-c2ccccc2)s1. The molecule has 0 atom stereocenters. The van der Waals surface area contributed by atoms with E-state index >= 15 is 0 Å². The van der Waals surface area contributed by atoms with Crippen LogP contribution in [0.1, 0.15) is 5.56 Å².